The number of esters is 1. The first-order valence-electron chi connectivity index (χ1n) is 10.0. The summed E-state index contributed by atoms with van der Waals surface area (Å²) in [6.07, 6.45) is -1.06. The molecule has 30 heavy (non-hydrogen) atoms. The largest absolute Gasteiger partial charge is 0.465 e. The van der Waals surface area contributed by atoms with Crippen molar-refractivity contribution in [3.8, 4) is 0 Å². The third-order valence-corrected chi connectivity index (χ3v) is 7.21. The molecule has 1 N–H and O–H groups in total. The summed E-state index contributed by atoms with van der Waals surface area (Å²) in [5.74, 6) is -0.510. The topological polar surface area (TPSA) is 87.2 Å². The fourth-order valence-corrected chi connectivity index (χ4v) is 5.04. The summed E-state index contributed by atoms with van der Waals surface area (Å²) < 4.78 is 32.5. The van der Waals surface area contributed by atoms with Crippen molar-refractivity contribution in [2.45, 2.75) is 30.9 Å². The van der Waals surface area contributed by atoms with Gasteiger partial charge in [-0.25, -0.2) is 8.42 Å². The van der Waals surface area contributed by atoms with Crippen molar-refractivity contribution in [2.75, 3.05) is 32.8 Å². The molecule has 3 rings (SSSR count). The van der Waals surface area contributed by atoms with Crippen molar-refractivity contribution in [1.29, 1.82) is 0 Å². The van der Waals surface area contributed by atoms with Crippen LogP contribution in [0.1, 0.15) is 24.2 Å². The molecule has 2 aromatic carbocycles. The number of ether oxygens (including phenoxy) is 1. The zero-order valence-corrected chi connectivity index (χ0v) is 18.1. The minimum absolute atomic E-state index is 0.207. The fourth-order valence-electron chi connectivity index (χ4n) is 3.62. The predicted molar refractivity (Wildman–Crippen MR) is 113 cm³/mol. The van der Waals surface area contributed by atoms with E-state index in [9.17, 15) is 18.3 Å². The number of rotatable bonds is 7. The van der Waals surface area contributed by atoms with Crippen molar-refractivity contribution >= 4 is 16.0 Å². The van der Waals surface area contributed by atoms with E-state index in [0.717, 1.165) is 5.56 Å². The molecule has 0 saturated carbocycles. The molecule has 0 amide bonds. The van der Waals surface area contributed by atoms with Gasteiger partial charge in [-0.2, -0.15) is 4.31 Å². The number of nitrogens with zero attached hydrogens (tertiary/aromatic N) is 2. The van der Waals surface area contributed by atoms with Crippen molar-refractivity contribution in [3.05, 3.63) is 65.7 Å². The van der Waals surface area contributed by atoms with Crippen LogP contribution in [0.15, 0.2) is 59.5 Å². The first-order valence-corrected chi connectivity index (χ1v) is 11.5. The number of benzene rings is 2. The maximum absolute atomic E-state index is 12.9. The highest BCUT2D eigenvalue weighted by Gasteiger charge is 2.38. The second-order valence-corrected chi connectivity index (χ2v) is 9.24. The summed E-state index contributed by atoms with van der Waals surface area (Å²) in [5, 5.41) is 10.9. The molecule has 1 aliphatic rings. The summed E-state index contributed by atoms with van der Waals surface area (Å²) in [6.45, 7) is 4.93. The summed E-state index contributed by atoms with van der Waals surface area (Å²) in [7, 11) is -3.60. The van der Waals surface area contributed by atoms with E-state index in [-0.39, 0.29) is 24.6 Å². The molecule has 8 heteroatoms. The number of aliphatic hydroxyl groups excluding tert-OH is 1. The van der Waals surface area contributed by atoms with E-state index in [1.165, 1.54) is 4.31 Å². The van der Waals surface area contributed by atoms with Crippen LogP contribution in [0.25, 0.3) is 0 Å². The average Bonchev–Trinajstić information content (AvgIpc) is 2.75. The van der Waals surface area contributed by atoms with E-state index in [1.807, 2.05) is 13.0 Å². The second-order valence-electron chi connectivity index (χ2n) is 7.31. The number of carbonyl (C=O) groups is 1. The Kier molecular flexibility index (Phi) is 7.25. The molecule has 1 saturated heterocycles. The molecule has 0 unspecified atom stereocenters. The van der Waals surface area contributed by atoms with Crippen LogP contribution in [-0.4, -0.2) is 67.5 Å². The van der Waals surface area contributed by atoms with Crippen LogP contribution >= 0.6 is 0 Å². The van der Waals surface area contributed by atoms with Gasteiger partial charge in [0.25, 0.3) is 0 Å². The lowest BCUT2D eigenvalue weighted by molar-refractivity contribution is -0.155. The lowest BCUT2D eigenvalue weighted by Gasteiger charge is -2.39. The van der Waals surface area contributed by atoms with Gasteiger partial charge in [-0.05, 0) is 31.5 Å². The molecule has 2 aromatic rings. The van der Waals surface area contributed by atoms with Gasteiger partial charge < -0.3 is 9.84 Å². The van der Waals surface area contributed by atoms with Crippen molar-refractivity contribution < 1.29 is 23.1 Å². The van der Waals surface area contributed by atoms with Crippen molar-refractivity contribution in [1.82, 2.24) is 9.21 Å². The highest BCUT2D eigenvalue weighted by Crippen LogP contribution is 2.25. The Balaban J connectivity index is 1.75. The molecule has 1 fully saturated rings. The van der Waals surface area contributed by atoms with Crippen molar-refractivity contribution in [3.63, 3.8) is 0 Å². The minimum Gasteiger partial charge on any atom is -0.465 e. The number of aliphatic hydroxyl groups is 1. The van der Waals surface area contributed by atoms with Gasteiger partial charge in [-0.15, -0.1) is 0 Å². The van der Waals surface area contributed by atoms with Crippen LogP contribution in [0.4, 0.5) is 0 Å². The van der Waals surface area contributed by atoms with Crippen molar-refractivity contribution in [2.24, 2.45) is 0 Å². The first-order chi connectivity index (χ1) is 14.3. The average molecular weight is 433 g/mol. The summed E-state index contributed by atoms with van der Waals surface area (Å²) in [4.78, 5) is 14.7. The van der Waals surface area contributed by atoms with Crippen LogP contribution in [0, 0.1) is 6.92 Å². The molecule has 7 nitrogen and oxygen atoms in total. The number of carbonyl (C=O) groups excluding carboxylic acids is 1. The van der Waals surface area contributed by atoms with Gasteiger partial charge in [-0.3, -0.25) is 9.69 Å². The van der Waals surface area contributed by atoms with E-state index in [2.05, 4.69) is 0 Å². The summed E-state index contributed by atoms with van der Waals surface area (Å²) in [6, 6.07) is 14.8. The lowest BCUT2D eigenvalue weighted by atomic mass is 10.0. The van der Waals surface area contributed by atoms with E-state index in [4.69, 9.17) is 4.74 Å². The highest BCUT2D eigenvalue weighted by atomic mass is 32.2. The van der Waals surface area contributed by atoms with Crippen LogP contribution in [0.3, 0.4) is 0 Å². The maximum Gasteiger partial charge on any atom is 0.326 e. The zero-order chi connectivity index (χ0) is 21.7. The number of hydrogen-bond donors (Lipinski definition) is 1. The van der Waals surface area contributed by atoms with E-state index in [0.29, 0.717) is 18.7 Å². The molecule has 0 aromatic heterocycles. The van der Waals surface area contributed by atoms with E-state index >= 15 is 0 Å². The van der Waals surface area contributed by atoms with Gasteiger partial charge in [-0.1, -0.05) is 48.0 Å². The Morgan fingerprint density at radius 2 is 1.63 bits per heavy atom. The Hall–Kier alpha value is -2.26. The third-order valence-electron chi connectivity index (χ3n) is 5.29. The number of hydrogen-bond acceptors (Lipinski definition) is 6. The van der Waals surface area contributed by atoms with Gasteiger partial charge in [0.2, 0.25) is 10.0 Å². The predicted octanol–water partition coefficient (Wildman–Crippen LogP) is 1.97. The monoisotopic (exact) mass is 432 g/mol. The molecule has 2 atom stereocenters. The van der Waals surface area contributed by atoms with Gasteiger partial charge in [0.15, 0.2) is 0 Å². The third kappa shape index (κ3) is 4.89. The van der Waals surface area contributed by atoms with Crippen LogP contribution in [0.2, 0.25) is 0 Å². The van der Waals surface area contributed by atoms with Gasteiger partial charge in [0, 0.05) is 26.2 Å². The van der Waals surface area contributed by atoms with Gasteiger partial charge in [0.05, 0.1) is 11.5 Å². The van der Waals surface area contributed by atoms with Gasteiger partial charge in [0.1, 0.15) is 12.1 Å². The molecular weight excluding hydrogens is 404 g/mol. The Bertz CT molecular complexity index is 939. The van der Waals surface area contributed by atoms with Crippen LogP contribution in [0.5, 0.6) is 0 Å². The number of sulfonamides is 1. The smallest absolute Gasteiger partial charge is 0.326 e. The molecular formula is C22H28N2O5S. The summed E-state index contributed by atoms with van der Waals surface area (Å²) >= 11 is 0. The second kappa shape index (κ2) is 9.70. The Labute approximate surface area is 177 Å². The molecule has 1 heterocycles. The normalized spacial score (nSPS) is 18.0. The standard InChI is InChI=1S/C22H28N2O5S/c1-3-29-22(26)20(21(25)18-7-5-4-6-8-18)23-13-15-24(16-14-23)30(27,28)19-11-9-17(2)10-12-19/h4-12,20-21,25H,3,13-16H2,1-2H3/t20-,21+/m1/s1. The van der Waals surface area contributed by atoms with Crippen LogP contribution < -0.4 is 0 Å². The highest BCUT2D eigenvalue weighted by molar-refractivity contribution is 7.89. The lowest BCUT2D eigenvalue weighted by Crippen LogP contribution is -2.55. The molecule has 0 radical (unpaired) electrons. The number of piperazine rings is 1. The van der Waals surface area contributed by atoms with E-state index < -0.39 is 28.1 Å². The number of aryl methyl sites for hydroxylation is 1. The SMILES string of the molecule is CCOC(=O)[C@@H]([C@@H](O)c1ccccc1)N1CCN(S(=O)(=O)c2ccc(C)cc2)CC1. The minimum atomic E-state index is -3.60. The quantitative estimate of drug-likeness (QED) is 0.673. The fraction of sp³-hybridized carbons (Fsp3) is 0.409. The van der Waals surface area contributed by atoms with Gasteiger partial charge >= 0.3 is 5.97 Å². The van der Waals surface area contributed by atoms with E-state index in [1.54, 1.807) is 60.4 Å². The first kappa shape index (κ1) is 22.4. The molecule has 162 valence electrons. The summed E-state index contributed by atoms with van der Waals surface area (Å²) in [5.41, 5.74) is 1.61. The Morgan fingerprint density at radius 3 is 2.20 bits per heavy atom. The molecule has 1 aliphatic heterocycles. The van der Waals surface area contributed by atoms with Crippen LogP contribution in [-0.2, 0) is 19.6 Å². The Morgan fingerprint density at radius 1 is 1.03 bits per heavy atom. The zero-order valence-electron chi connectivity index (χ0n) is 17.3. The maximum atomic E-state index is 12.9. The molecule has 0 bridgehead atoms. The molecule has 0 spiro atoms. The molecule has 0 aliphatic carbocycles.